The van der Waals surface area contributed by atoms with Crippen molar-refractivity contribution >= 4 is 29.5 Å². The SMILES string of the molecule is CCC(=O)N1CC[C@@H](CN2CC[C@@H](SC3=C(C(=O)O)N4C(=O)[C@H]([C@@H](C)O)[C@H]4[C@H]3C)C2)C1. The Labute approximate surface area is 187 Å². The lowest BCUT2D eigenvalue weighted by molar-refractivity contribution is -0.163. The summed E-state index contributed by atoms with van der Waals surface area (Å²) in [5, 5.41) is 20.1. The van der Waals surface area contributed by atoms with E-state index >= 15 is 0 Å². The molecule has 8 nitrogen and oxygen atoms in total. The average molecular weight is 452 g/mol. The topological polar surface area (TPSA) is 101 Å². The molecule has 2 amide bonds. The van der Waals surface area contributed by atoms with Crippen LogP contribution in [0.3, 0.4) is 0 Å². The number of aliphatic hydroxyl groups is 1. The first-order valence-electron chi connectivity index (χ1n) is 11.4. The van der Waals surface area contributed by atoms with Gasteiger partial charge in [-0.25, -0.2) is 4.79 Å². The zero-order valence-corrected chi connectivity index (χ0v) is 19.3. The molecule has 0 aromatic heterocycles. The smallest absolute Gasteiger partial charge is 0.353 e. The number of carboxylic acid groups (broad SMARTS) is 1. The minimum atomic E-state index is -1.06. The van der Waals surface area contributed by atoms with E-state index in [1.807, 2.05) is 18.7 Å². The molecule has 172 valence electrons. The molecule has 0 spiro atoms. The largest absolute Gasteiger partial charge is 0.477 e. The first-order chi connectivity index (χ1) is 14.7. The van der Waals surface area contributed by atoms with Gasteiger partial charge in [0.25, 0.3) is 0 Å². The molecule has 4 aliphatic heterocycles. The lowest BCUT2D eigenvalue weighted by atomic mass is 9.79. The summed E-state index contributed by atoms with van der Waals surface area (Å²) in [4.78, 5) is 43.0. The van der Waals surface area contributed by atoms with E-state index in [1.165, 1.54) is 4.90 Å². The van der Waals surface area contributed by atoms with Crippen LogP contribution in [0.5, 0.6) is 0 Å². The summed E-state index contributed by atoms with van der Waals surface area (Å²) in [5.74, 6) is -1.19. The van der Waals surface area contributed by atoms with Crippen LogP contribution in [-0.4, -0.2) is 92.8 Å². The number of fused-ring (bicyclic) bond motifs is 1. The fourth-order valence-electron chi connectivity index (χ4n) is 5.71. The van der Waals surface area contributed by atoms with Gasteiger partial charge in [0, 0.05) is 48.7 Å². The minimum absolute atomic E-state index is 0.0779. The van der Waals surface area contributed by atoms with Gasteiger partial charge in [0.2, 0.25) is 11.8 Å². The number of carboxylic acids is 1. The van der Waals surface area contributed by atoms with Crippen molar-refractivity contribution in [3.05, 3.63) is 10.6 Å². The van der Waals surface area contributed by atoms with Gasteiger partial charge in [-0.15, -0.1) is 11.8 Å². The van der Waals surface area contributed by atoms with Gasteiger partial charge in [-0.2, -0.15) is 0 Å². The molecule has 2 N–H and O–H groups in total. The first-order valence-corrected chi connectivity index (χ1v) is 12.3. The van der Waals surface area contributed by atoms with Crippen LogP contribution < -0.4 is 0 Å². The second-order valence-corrected chi connectivity index (χ2v) is 10.8. The average Bonchev–Trinajstić information content (AvgIpc) is 3.41. The van der Waals surface area contributed by atoms with Gasteiger partial charge in [0.15, 0.2) is 0 Å². The Balaban J connectivity index is 1.37. The van der Waals surface area contributed by atoms with Crippen molar-refractivity contribution in [1.82, 2.24) is 14.7 Å². The van der Waals surface area contributed by atoms with Crippen molar-refractivity contribution < 1.29 is 24.6 Å². The van der Waals surface area contributed by atoms with E-state index < -0.39 is 18.0 Å². The van der Waals surface area contributed by atoms with Gasteiger partial charge in [-0.05, 0) is 32.2 Å². The predicted octanol–water partition coefficient (Wildman–Crippen LogP) is 1.21. The predicted molar refractivity (Wildman–Crippen MR) is 117 cm³/mol. The van der Waals surface area contributed by atoms with Gasteiger partial charge in [-0.1, -0.05) is 13.8 Å². The molecule has 31 heavy (non-hydrogen) atoms. The standard InChI is InChI=1S/C22H33N3O5S/c1-4-16(27)24-8-5-14(10-24)9-23-7-6-15(11-23)31-20-12(2)18-17(13(3)26)21(28)25(18)19(20)22(29)30/h12-15,17-18,26H,4-11H2,1-3H3,(H,29,30)/t12-,13-,14+,15-,17-,18-/m1/s1. The molecule has 0 unspecified atom stereocenters. The maximum Gasteiger partial charge on any atom is 0.353 e. The summed E-state index contributed by atoms with van der Waals surface area (Å²) in [6.07, 6.45) is 1.81. The van der Waals surface area contributed by atoms with Gasteiger partial charge >= 0.3 is 5.97 Å². The second kappa shape index (κ2) is 8.75. The molecule has 0 aromatic carbocycles. The van der Waals surface area contributed by atoms with Crippen molar-refractivity contribution in [3.63, 3.8) is 0 Å². The lowest BCUT2D eigenvalue weighted by Crippen LogP contribution is -2.63. The Hall–Kier alpha value is -1.58. The third-order valence-electron chi connectivity index (χ3n) is 7.29. The Morgan fingerprint density at radius 2 is 1.97 bits per heavy atom. The molecule has 3 saturated heterocycles. The Kier molecular flexibility index (Phi) is 6.38. The summed E-state index contributed by atoms with van der Waals surface area (Å²) in [6.45, 7) is 10.0. The zero-order valence-electron chi connectivity index (χ0n) is 18.5. The number of hydrogen-bond acceptors (Lipinski definition) is 6. The molecular weight excluding hydrogens is 418 g/mol. The maximum atomic E-state index is 12.5. The highest BCUT2D eigenvalue weighted by molar-refractivity contribution is 8.03. The first kappa shape index (κ1) is 22.6. The van der Waals surface area contributed by atoms with Crippen molar-refractivity contribution in [2.75, 3.05) is 32.7 Å². The Morgan fingerprint density at radius 3 is 2.61 bits per heavy atom. The van der Waals surface area contributed by atoms with Gasteiger partial charge in [0.1, 0.15) is 5.70 Å². The number of carbonyl (C=O) groups excluding carboxylic acids is 2. The monoisotopic (exact) mass is 451 g/mol. The van der Waals surface area contributed by atoms with Crippen molar-refractivity contribution in [2.24, 2.45) is 17.8 Å². The van der Waals surface area contributed by atoms with Gasteiger partial charge < -0.3 is 24.9 Å². The Bertz CT molecular complexity index is 800. The molecule has 4 heterocycles. The maximum absolute atomic E-state index is 12.5. The fourth-order valence-corrected chi connectivity index (χ4v) is 7.23. The summed E-state index contributed by atoms with van der Waals surface area (Å²) in [5.41, 5.74) is 0.118. The zero-order chi connectivity index (χ0) is 22.4. The molecule has 0 aliphatic carbocycles. The van der Waals surface area contributed by atoms with Crippen LogP contribution in [0.25, 0.3) is 0 Å². The van der Waals surface area contributed by atoms with E-state index in [0.717, 1.165) is 50.5 Å². The number of thioether (sulfide) groups is 1. The molecule has 6 atom stereocenters. The highest BCUT2D eigenvalue weighted by atomic mass is 32.2. The van der Waals surface area contributed by atoms with Gasteiger partial charge in [-0.3, -0.25) is 9.59 Å². The molecule has 0 saturated carbocycles. The molecule has 4 rings (SSSR count). The Morgan fingerprint density at radius 1 is 1.23 bits per heavy atom. The summed E-state index contributed by atoms with van der Waals surface area (Å²) >= 11 is 1.61. The number of rotatable bonds is 7. The number of aliphatic hydroxyl groups excluding tert-OH is 1. The number of nitrogens with zero attached hydrogens (tertiary/aromatic N) is 3. The van der Waals surface area contributed by atoms with Crippen LogP contribution in [0.1, 0.15) is 40.0 Å². The third kappa shape index (κ3) is 4.00. The van der Waals surface area contributed by atoms with Crippen LogP contribution in [0.2, 0.25) is 0 Å². The number of carbonyl (C=O) groups is 3. The van der Waals surface area contributed by atoms with Crippen LogP contribution in [-0.2, 0) is 14.4 Å². The van der Waals surface area contributed by atoms with E-state index in [0.29, 0.717) is 17.6 Å². The third-order valence-corrected chi connectivity index (χ3v) is 8.83. The molecule has 9 heteroatoms. The van der Waals surface area contributed by atoms with E-state index in [-0.39, 0.29) is 29.5 Å². The molecule has 3 fully saturated rings. The fraction of sp³-hybridized carbons (Fsp3) is 0.773. The summed E-state index contributed by atoms with van der Waals surface area (Å²) in [6, 6.07) is -0.251. The quantitative estimate of drug-likeness (QED) is 0.561. The van der Waals surface area contributed by atoms with E-state index in [9.17, 15) is 24.6 Å². The van der Waals surface area contributed by atoms with Crippen LogP contribution in [0.4, 0.5) is 0 Å². The van der Waals surface area contributed by atoms with Gasteiger partial charge in [0.05, 0.1) is 18.1 Å². The van der Waals surface area contributed by atoms with Crippen LogP contribution in [0, 0.1) is 17.8 Å². The molecular formula is C22H33N3O5S. The van der Waals surface area contributed by atoms with Crippen molar-refractivity contribution in [3.8, 4) is 0 Å². The van der Waals surface area contributed by atoms with Crippen molar-refractivity contribution in [1.29, 1.82) is 0 Å². The molecule has 0 aromatic rings. The van der Waals surface area contributed by atoms with E-state index in [4.69, 9.17) is 0 Å². The summed E-state index contributed by atoms with van der Waals surface area (Å²) in [7, 11) is 0. The molecule has 0 radical (unpaired) electrons. The highest BCUT2D eigenvalue weighted by Crippen LogP contribution is 2.51. The van der Waals surface area contributed by atoms with Crippen LogP contribution in [0.15, 0.2) is 10.6 Å². The number of aliphatic carboxylic acids is 1. The van der Waals surface area contributed by atoms with E-state index in [1.54, 1.807) is 18.7 Å². The second-order valence-electron chi connectivity index (χ2n) is 9.41. The number of β-lactam (4-membered cyclic amide) rings is 1. The normalized spacial score (nSPS) is 34.3. The lowest BCUT2D eigenvalue weighted by Gasteiger charge is -2.46. The van der Waals surface area contributed by atoms with E-state index in [2.05, 4.69) is 4.90 Å². The minimum Gasteiger partial charge on any atom is -0.477 e. The molecule has 4 aliphatic rings. The van der Waals surface area contributed by atoms with Crippen molar-refractivity contribution in [2.45, 2.75) is 57.4 Å². The number of likely N-dealkylation sites (tertiary alicyclic amines) is 2. The summed E-state index contributed by atoms with van der Waals surface area (Å²) < 4.78 is 0. The highest BCUT2D eigenvalue weighted by Gasteiger charge is 2.60. The van der Waals surface area contributed by atoms with Crippen LogP contribution >= 0.6 is 11.8 Å². The number of hydrogen-bond donors (Lipinski definition) is 2. The molecule has 0 bridgehead atoms. The number of amides is 2.